The van der Waals surface area contributed by atoms with Gasteiger partial charge < -0.3 is 0 Å². The lowest BCUT2D eigenvalue weighted by Crippen LogP contribution is -2.03. The number of rotatable bonds is 2. The van der Waals surface area contributed by atoms with Crippen molar-refractivity contribution in [2.75, 3.05) is 0 Å². The summed E-state index contributed by atoms with van der Waals surface area (Å²) in [7, 11) is 0. The molecular weight excluding hydrogens is 291 g/mol. The molecule has 0 saturated carbocycles. The molecule has 0 radical (unpaired) electrons. The SMILES string of the molecule is Cc1ccc(C(=O)c2ccc(Cl)cc2Cl)c(Cl)c1. The molecule has 0 aliphatic carbocycles. The highest BCUT2D eigenvalue weighted by atomic mass is 35.5. The summed E-state index contributed by atoms with van der Waals surface area (Å²) in [6, 6.07) is 10.1. The highest BCUT2D eigenvalue weighted by molar-refractivity contribution is 6.39. The zero-order valence-corrected chi connectivity index (χ0v) is 11.8. The Hall–Kier alpha value is -1.02. The molecule has 2 rings (SSSR count). The predicted octanol–water partition coefficient (Wildman–Crippen LogP) is 5.19. The molecule has 0 amide bonds. The van der Waals surface area contributed by atoms with Crippen LogP contribution in [0.2, 0.25) is 15.1 Å². The number of carbonyl (C=O) groups excluding carboxylic acids is 1. The molecule has 0 bridgehead atoms. The zero-order valence-electron chi connectivity index (χ0n) is 9.51. The molecule has 2 aromatic carbocycles. The molecule has 1 nitrogen and oxygen atoms in total. The first-order chi connectivity index (χ1) is 8.49. The molecule has 2 aromatic rings. The zero-order chi connectivity index (χ0) is 13.3. The number of ketones is 1. The first-order valence-corrected chi connectivity index (χ1v) is 6.38. The van der Waals surface area contributed by atoms with E-state index in [1.807, 2.05) is 13.0 Å². The summed E-state index contributed by atoms with van der Waals surface area (Å²) < 4.78 is 0. The molecule has 0 aromatic heterocycles. The van der Waals surface area contributed by atoms with Crippen LogP contribution in [-0.4, -0.2) is 5.78 Å². The van der Waals surface area contributed by atoms with Gasteiger partial charge in [-0.1, -0.05) is 40.9 Å². The molecule has 0 spiro atoms. The fourth-order valence-corrected chi connectivity index (χ4v) is 2.44. The molecular formula is C14H9Cl3O. The summed E-state index contributed by atoms with van der Waals surface area (Å²) >= 11 is 17.9. The van der Waals surface area contributed by atoms with Gasteiger partial charge in [0.05, 0.1) is 10.0 Å². The summed E-state index contributed by atoms with van der Waals surface area (Å²) in [4.78, 5) is 12.3. The van der Waals surface area contributed by atoms with Gasteiger partial charge in [-0.15, -0.1) is 0 Å². The lowest BCUT2D eigenvalue weighted by molar-refractivity contribution is 0.103. The quantitative estimate of drug-likeness (QED) is 0.698. The van der Waals surface area contributed by atoms with Crippen molar-refractivity contribution in [2.24, 2.45) is 0 Å². The summed E-state index contributed by atoms with van der Waals surface area (Å²) in [5, 5.41) is 1.24. The summed E-state index contributed by atoms with van der Waals surface area (Å²) in [5.74, 6) is -0.207. The van der Waals surface area contributed by atoms with Crippen molar-refractivity contribution in [3.8, 4) is 0 Å². The smallest absolute Gasteiger partial charge is 0.196 e. The minimum absolute atomic E-state index is 0.207. The van der Waals surface area contributed by atoms with E-state index in [2.05, 4.69) is 0 Å². The van der Waals surface area contributed by atoms with Gasteiger partial charge in [0.1, 0.15) is 0 Å². The molecule has 0 unspecified atom stereocenters. The first-order valence-electron chi connectivity index (χ1n) is 5.25. The van der Waals surface area contributed by atoms with Crippen LogP contribution in [0, 0.1) is 6.92 Å². The van der Waals surface area contributed by atoms with Gasteiger partial charge in [0.2, 0.25) is 0 Å². The van der Waals surface area contributed by atoms with Crippen LogP contribution in [-0.2, 0) is 0 Å². The highest BCUT2D eigenvalue weighted by Gasteiger charge is 2.15. The van der Waals surface area contributed by atoms with Crippen LogP contribution in [0.25, 0.3) is 0 Å². The summed E-state index contributed by atoms with van der Waals surface area (Å²) in [6.07, 6.45) is 0. The Labute approximate surface area is 120 Å². The lowest BCUT2D eigenvalue weighted by Gasteiger charge is -2.06. The number of carbonyl (C=O) groups is 1. The first kappa shape index (κ1) is 13.4. The minimum atomic E-state index is -0.207. The van der Waals surface area contributed by atoms with E-state index in [9.17, 15) is 4.79 Å². The maximum Gasteiger partial charge on any atom is 0.196 e. The molecule has 0 atom stereocenters. The van der Waals surface area contributed by atoms with E-state index in [0.29, 0.717) is 26.2 Å². The third-order valence-corrected chi connectivity index (χ3v) is 3.41. The third kappa shape index (κ3) is 2.69. The van der Waals surface area contributed by atoms with Crippen molar-refractivity contribution in [3.63, 3.8) is 0 Å². The van der Waals surface area contributed by atoms with Crippen molar-refractivity contribution in [3.05, 3.63) is 68.2 Å². The summed E-state index contributed by atoms with van der Waals surface area (Å²) in [6.45, 7) is 1.91. The molecule has 0 aliphatic heterocycles. The fraction of sp³-hybridized carbons (Fsp3) is 0.0714. The molecule has 4 heteroatoms. The maximum atomic E-state index is 12.3. The Bertz CT molecular complexity index is 567. The molecule has 0 saturated heterocycles. The van der Waals surface area contributed by atoms with Crippen molar-refractivity contribution in [1.82, 2.24) is 0 Å². The van der Waals surface area contributed by atoms with Crippen LogP contribution in [0.3, 0.4) is 0 Å². The average Bonchev–Trinajstić information content (AvgIpc) is 2.28. The van der Waals surface area contributed by atoms with Crippen LogP contribution < -0.4 is 0 Å². The second kappa shape index (κ2) is 5.31. The fourth-order valence-electron chi connectivity index (χ4n) is 1.62. The Morgan fingerprint density at radius 2 is 1.44 bits per heavy atom. The van der Waals surface area contributed by atoms with E-state index in [4.69, 9.17) is 34.8 Å². The van der Waals surface area contributed by atoms with E-state index >= 15 is 0 Å². The normalized spacial score (nSPS) is 10.4. The van der Waals surface area contributed by atoms with Gasteiger partial charge in [0.25, 0.3) is 0 Å². The van der Waals surface area contributed by atoms with Gasteiger partial charge >= 0.3 is 0 Å². The number of hydrogen-bond acceptors (Lipinski definition) is 1. The minimum Gasteiger partial charge on any atom is -0.288 e. The lowest BCUT2D eigenvalue weighted by atomic mass is 10.0. The topological polar surface area (TPSA) is 17.1 Å². The van der Waals surface area contributed by atoms with Gasteiger partial charge in [-0.25, -0.2) is 0 Å². The van der Waals surface area contributed by atoms with Crippen LogP contribution in [0.1, 0.15) is 21.5 Å². The van der Waals surface area contributed by atoms with Gasteiger partial charge in [-0.05, 0) is 42.8 Å². The van der Waals surface area contributed by atoms with E-state index in [1.54, 1.807) is 30.3 Å². The van der Waals surface area contributed by atoms with E-state index in [-0.39, 0.29) is 5.78 Å². The Morgan fingerprint density at radius 1 is 0.889 bits per heavy atom. The Balaban J connectivity index is 2.48. The Morgan fingerprint density at radius 3 is 2.00 bits per heavy atom. The number of hydrogen-bond donors (Lipinski definition) is 0. The molecule has 18 heavy (non-hydrogen) atoms. The van der Waals surface area contributed by atoms with Gasteiger partial charge in [-0.2, -0.15) is 0 Å². The van der Waals surface area contributed by atoms with Gasteiger partial charge in [0, 0.05) is 16.1 Å². The highest BCUT2D eigenvalue weighted by Crippen LogP contribution is 2.26. The van der Waals surface area contributed by atoms with Crippen LogP contribution >= 0.6 is 34.8 Å². The average molecular weight is 300 g/mol. The van der Waals surface area contributed by atoms with Crippen molar-refractivity contribution in [1.29, 1.82) is 0 Å². The van der Waals surface area contributed by atoms with E-state index in [1.165, 1.54) is 0 Å². The van der Waals surface area contributed by atoms with Gasteiger partial charge in [0.15, 0.2) is 5.78 Å². The molecule has 0 fully saturated rings. The standard InChI is InChI=1S/C14H9Cl3O/c1-8-2-4-10(12(16)6-8)14(18)11-5-3-9(15)7-13(11)17/h2-7H,1H3. The second-order valence-electron chi connectivity index (χ2n) is 3.94. The van der Waals surface area contributed by atoms with Crippen molar-refractivity contribution >= 4 is 40.6 Å². The van der Waals surface area contributed by atoms with E-state index in [0.717, 1.165) is 5.56 Å². The maximum absolute atomic E-state index is 12.3. The number of aryl methyl sites for hydroxylation is 1. The van der Waals surface area contributed by atoms with Gasteiger partial charge in [-0.3, -0.25) is 4.79 Å². The third-order valence-electron chi connectivity index (χ3n) is 2.54. The predicted molar refractivity (Wildman–Crippen MR) is 76.1 cm³/mol. The Kier molecular flexibility index (Phi) is 3.96. The number of benzene rings is 2. The van der Waals surface area contributed by atoms with Crippen LogP contribution in [0.4, 0.5) is 0 Å². The molecule has 0 N–H and O–H groups in total. The largest absolute Gasteiger partial charge is 0.288 e. The second-order valence-corrected chi connectivity index (χ2v) is 5.19. The van der Waals surface area contributed by atoms with Crippen LogP contribution in [0.5, 0.6) is 0 Å². The molecule has 0 heterocycles. The molecule has 0 aliphatic rings. The number of halogens is 3. The van der Waals surface area contributed by atoms with Crippen molar-refractivity contribution in [2.45, 2.75) is 6.92 Å². The van der Waals surface area contributed by atoms with Crippen molar-refractivity contribution < 1.29 is 4.79 Å². The summed E-state index contributed by atoms with van der Waals surface area (Å²) in [5.41, 5.74) is 1.83. The van der Waals surface area contributed by atoms with E-state index < -0.39 is 0 Å². The van der Waals surface area contributed by atoms with Crippen LogP contribution in [0.15, 0.2) is 36.4 Å². The molecule has 92 valence electrons. The monoisotopic (exact) mass is 298 g/mol.